The van der Waals surface area contributed by atoms with Gasteiger partial charge in [0.1, 0.15) is 5.82 Å². The molecule has 0 unspecified atom stereocenters. The van der Waals surface area contributed by atoms with E-state index in [0.29, 0.717) is 37.3 Å². The summed E-state index contributed by atoms with van der Waals surface area (Å²) in [6, 6.07) is 22.3. The number of halogens is 1. The average Bonchev–Trinajstić information content (AvgIpc) is 2.82. The Balaban J connectivity index is 1.33. The van der Waals surface area contributed by atoms with Gasteiger partial charge in [-0.15, -0.1) is 0 Å². The van der Waals surface area contributed by atoms with Crippen LogP contribution in [0.15, 0.2) is 72.8 Å². The monoisotopic (exact) mass is 431 g/mol. The number of amides is 2. The molecule has 1 aliphatic heterocycles. The zero-order valence-corrected chi connectivity index (χ0v) is 18.1. The highest BCUT2D eigenvalue weighted by molar-refractivity contribution is 5.97. The largest absolute Gasteiger partial charge is 0.336 e. The molecule has 0 saturated carbocycles. The molecule has 0 aromatic heterocycles. The van der Waals surface area contributed by atoms with Crippen LogP contribution in [0.4, 0.5) is 10.1 Å². The highest BCUT2D eigenvalue weighted by atomic mass is 19.1. The van der Waals surface area contributed by atoms with E-state index in [9.17, 15) is 14.0 Å². The number of carbonyl (C=O) groups excluding carboxylic acids is 2. The van der Waals surface area contributed by atoms with Gasteiger partial charge in [-0.2, -0.15) is 0 Å². The SMILES string of the molecule is Cc1ccc(C(=O)N2CCN(CC(=O)Nc3ccccc3-c3ccccc3)CC2)cc1F. The summed E-state index contributed by atoms with van der Waals surface area (Å²) in [6.45, 7) is 4.11. The van der Waals surface area contributed by atoms with E-state index in [1.165, 1.54) is 6.07 Å². The molecular formula is C26H26FN3O2. The number of aryl methyl sites for hydroxylation is 1. The molecule has 0 aliphatic carbocycles. The van der Waals surface area contributed by atoms with Crippen LogP contribution in [-0.4, -0.2) is 54.3 Å². The third-order valence-corrected chi connectivity index (χ3v) is 5.73. The summed E-state index contributed by atoms with van der Waals surface area (Å²) in [7, 11) is 0. The summed E-state index contributed by atoms with van der Waals surface area (Å²) in [6.07, 6.45) is 0. The summed E-state index contributed by atoms with van der Waals surface area (Å²) in [5.41, 5.74) is 3.67. The first-order valence-electron chi connectivity index (χ1n) is 10.7. The second kappa shape index (κ2) is 9.75. The van der Waals surface area contributed by atoms with E-state index in [1.54, 1.807) is 24.0 Å². The molecule has 0 radical (unpaired) electrons. The Labute approximate surface area is 187 Å². The molecule has 2 amide bonds. The van der Waals surface area contributed by atoms with Gasteiger partial charge in [0.05, 0.1) is 6.54 Å². The van der Waals surface area contributed by atoms with Gasteiger partial charge in [0.15, 0.2) is 0 Å². The topological polar surface area (TPSA) is 52.7 Å². The third-order valence-electron chi connectivity index (χ3n) is 5.73. The molecular weight excluding hydrogens is 405 g/mol. The second-order valence-electron chi connectivity index (χ2n) is 7.99. The molecule has 0 spiro atoms. The van der Waals surface area contributed by atoms with Crippen LogP contribution in [0, 0.1) is 12.7 Å². The van der Waals surface area contributed by atoms with Crippen LogP contribution in [0.1, 0.15) is 15.9 Å². The Morgan fingerprint density at radius 1 is 0.906 bits per heavy atom. The first-order valence-corrected chi connectivity index (χ1v) is 10.7. The Kier molecular flexibility index (Phi) is 6.61. The fraction of sp³-hybridized carbons (Fsp3) is 0.231. The lowest BCUT2D eigenvalue weighted by molar-refractivity contribution is -0.117. The molecule has 1 heterocycles. The molecule has 1 N–H and O–H groups in total. The number of nitrogens with zero attached hydrogens (tertiary/aromatic N) is 2. The number of hydrogen-bond acceptors (Lipinski definition) is 3. The van der Waals surface area contributed by atoms with Crippen LogP contribution in [0.5, 0.6) is 0 Å². The Morgan fingerprint density at radius 2 is 1.59 bits per heavy atom. The van der Waals surface area contributed by atoms with E-state index in [-0.39, 0.29) is 24.2 Å². The van der Waals surface area contributed by atoms with Gasteiger partial charge in [-0.3, -0.25) is 14.5 Å². The summed E-state index contributed by atoms with van der Waals surface area (Å²) in [5.74, 6) is -0.638. The molecule has 164 valence electrons. The van der Waals surface area contributed by atoms with Crippen molar-refractivity contribution in [2.75, 3.05) is 38.0 Å². The minimum atomic E-state index is -0.373. The lowest BCUT2D eigenvalue weighted by atomic mass is 10.0. The molecule has 6 heteroatoms. The van der Waals surface area contributed by atoms with Crippen LogP contribution in [0.2, 0.25) is 0 Å². The first-order chi connectivity index (χ1) is 15.5. The van der Waals surface area contributed by atoms with Crippen molar-refractivity contribution in [3.8, 4) is 11.1 Å². The molecule has 1 saturated heterocycles. The first kappa shape index (κ1) is 21.7. The average molecular weight is 432 g/mol. The fourth-order valence-electron chi connectivity index (χ4n) is 3.87. The number of hydrogen-bond donors (Lipinski definition) is 1. The van der Waals surface area contributed by atoms with E-state index in [1.807, 2.05) is 59.5 Å². The van der Waals surface area contributed by atoms with E-state index in [0.717, 1.165) is 16.8 Å². The summed E-state index contributed by atoms with van der Waals surface area (Å²) < 4.78 is 13.8. The van der Waals surface area contributed by atoms with Gasteiger partial charge in [-0.05, 0) is 36.2 Å². The standard InChI is InChI=1S/C26H26FN3O2/c1-19-11-12-21(17-23(19)27)26(32)30-15-13-29(14-16-30)18-25(31)28-24-10-6-5-9-22(24)20-7-3-2-4-8-20/h2-12,17H,13-16,18H2,1H3,(H,28,31). The quantitative estimate of drug-likeness (QED) is 0.659. The van der Waals surface area contributed by atoms with Crippen LogP contribution < -0.4 is 5.32 Å². The van der Waals surface area contributed by atoms with Crippen molar-refractivity contribution in [3.63, 3.8) is 0 Å². The van der Waals surface area contributed by atoms with E-state index >= 15 is 0 Å². The fourth-order valence-corrected chi connectivity index (χ4v) is 3.87. The smallest absolute Gasteiger partial charge is 0.254 e. The molecule has 0 atom stereocenters. The zero-order valence-electron chi connectivity index (χ0n) is 18.1. The van der Waals surface area contributed by atoms with Gasteiger partial charge >= 0.3 is 0 Å². The van der Waals surface area contributed by atoms with Crippen molar-refractivity contribution in [3.05, 3.63) is 89.7 Å². The number of para-hydroxylation sites is 1. The normalized spacial score (nSPS) is 14.2. The molecule has 32 heavy (non-hydrogen) atoms. The van der Waals surface area contributed by atoms with Crippen molar-refractivity contribution in [2.24, 2.45) is 0 Å². The minimum Gasteiger partial charge on any atom is -0.336 e. The van der Waals surface area contributed by atoms with Gasteiger partial charge < -0.3 is 10.2 Å². The van der Waals surface area contributed by atoms with E-state index < -0.39 is 0 Å². The maximum absolute atomic E-state index is 13.8. The lowest BCUT2D eigenvalue weighted by Crippen LogP contribution is -2.50. The van der Waals surface area contributed by atoms with Crippen molar-refractivity contribution < 1.29 is 14.0 Å². The molecule has 3 aromatic carbocycles. The predicted octanol–water partition coefficient (Wildman–Crippen LogP) is 4.20. The van der Waals surface area contributed by atoms with Gasteiger partial charge in [-0.1, -0.05) is 54.6 Å². The Bertz CT molecular complexity index is 1110. The number of anilines is 1. The van der Waals surface area contributed by atoms with E-state index in [4.69, 9.17) is 0 Å². The van der Waals surface area contributed by atoms with Gasteiger partial charge in [0.2, 0.25) is 5.91 Å². The summed E-state index contributed by atoms with van der Waals surface area (Å²) in [5, 5.41) is 3.02. The molecule has 1 fully saturated rings. The minimum absolute atomic E-state index is 0.0891. The molecule has 3 aromatic rings. The van der Waals surface area contributed by atoms with Crippen LogP contribution >= 0.6 is 0 Å². The van der Waals surface area contributed by atoms with Crippen LogP contribution in [-0.2, 0) is 4.79 Å². The van der Waals surface area contributed by atoms with Crippen molar-refractivity contribution in [2.45, 2.75) is 6.92 Å². The summed E-state index contributed by atoms with van der Waals surface area (Å²) in [4.78, 5) is 29.1. The van der Waals surface area contributed by atoms with Gasteiger partial charge in [0.25, 0.3) is 5.91 Å². The maximum Gasteiger partial charge on any atom is 0.254 e. The zero-order chi connectivity index (χ0) is 22.5. The van der Waals surface area contributed by atoms with Crippen LogP contribution in [0.25, 0.3) is 11.1 Å². The van der Waals surface area contributed by atoms with Gasteiger partial charge in [0, 0.05) is 43.0 Å². The molecule has 1 aliphatic rings. The number of benzene rings is 3. The molecule has 0 bridgehead atoms. The molecule has 4 rings (SSSR count). The Morgan fingerprint density at radius 3 is 2.31 bits per heavy atom. The highest BCUT2D eigenvalue weighted by Crippen LogP contribution is 2.27. The van der Waals surface area contributed by atoms with Gasteiger partial charge in [-0.25, -0.2) is 4.39 Å². The number of carbonyl (C=O) groups is 2. The van der Waals surface area contributed by atoms with E-state index in [2.05, 4.69) is 5.32 Å². The number of nitrogens with one attached hydrogen (secondary N) is 1. The van der Waals surface area contributed by atoms with Crippen LogP contribution in [0.3, 0.4) is 0 Å². The highest BCUT2D eigenvalue weighted by Gasteiger charge is 2.24. The summed E-state index contributed by atoms with van der Waals surface area (Å²) >= 11 is 0. The predicted molar refractivity (Wildman–Crippen MR) is 124 cm³/mol. The Hall–Kier alpha value is -3.51. The van der Waals surface area contributed by atoms with Crippen molar-refractivity contribution in [1.29, 1.82) is 0 Å². The third kappa shape index (κ3) is 5.03. The number of rotatable bonds is 5. The maximum atomic E-state index is 13.8. The molecule has 5 nitrogen and oxygen atoms in total. The van der Waals surface area contributed by atoms with Crippen molar-refractivity contribution >= 4 is 17.5 Å². The van der Waals surface area contributed by atoms with Crippen molar-refractivity contribution in [1.82, 2.24) is 9.80 Å². The number of piperazine rings is 1. The second-order valence-corrected chi connectivity index (χ2v) is 7.99. The lowest BCUT2D eigenvalue weighted by Gasteiger charge is -2.34.